The summed E-state index contributed by atoms with van der Waals surface area (Å²) in [6, 6.07) is 2.20. The number of nitrogens with zero attached hydrogens (tertiary/aromatic N) is 1. The highest BCUT2D eigenvalue weighted by Crippen LogP contribution is 2.29. The second-order valence-electron chi connectivity index (χ2n) is 2.83. The summed E-state index contributed by atoms with van der Waals surface area (Å²) in [5, 5.41) is 17.5. The van der Waals surface area contributed by atoms with Gasteiger partial charge >= 0.3 is 0 Å². The summed E-state index contributed by atoms with van der Waals surface area (Å²) in [6.45, 7) is 0.266. The van der Waals surface area contributed by atoms with Gasteiger partial charge in [0.1, 0.15) is 0 Å². The quantitative estimate of drug-likeness (QED) is 0.709. The van der Waals surface area contributed by atoms with Gasteiger partial charge in [-0.3, -0.25) is 0 Å². The summed E-state index contributed by atoms with van der Waals surface area (Å²) in [5.74, 6) is 1.86. The highest BCUT2D eigenvalue weighted by atomic mass is 32.2. The summed E-state index contributed by atoms with van der Waals surface area (Å²) in [6.07, 6.45) is 1.83. The van der Waals surface area contributed by atoms with Gasteiger partial charge in [0.2, 0.25) is 0 Å². The zero-order chi connectivity index (χ0) is 8.86. The lowest BCUT2D eigenvalue weighted by atomic mass is 10.0. The van der Waals surface area contributed by atoms with Crippen LogP contribution in [-0.4, -0.2) is 35.4 Å². The van der Waals surface area contributed by atoms with Gasteiger partial charge in [0.15, 0.2) is 5.60 Å². The van der Waals surface area contributed by atoms with Gasteiger partial charge in [0.25, 0.3) is 0 Å². The first-order valence-corrected chi connectivity index (χ1v) is 5.22. The lowest BCUT2D eigenvalue weighted by Crippen LogP contribution is -2.37. The third-order valence-corrected chi connectivity index (χ3v) is 3.13. The fraction of sp³-hybridized carbons (Fsp3) is 0.875. The Morgan fingerprint density at radius 2 is 2.50 bits per heavy atom. The van der Waals surface area contributed by atoms with E-state index in [-0.39, 0.29) is 13.2 Å². The second-order valence-corrected chi connectivity index (χ2v) is 3.94. The van der Waals surface area contributed by atoms with Crippen LogP contribution in [-0.2, 0) is 4.74 Å². The average Bonchev–Trinajstić information content (AvgIpc) is 2.16. The first-order valence-electron chi connectivity index (χ1n) is 4.07. The molecular formula is C8H13NO2S. The molecule has 0 aromatic heterocycles. The van der Waals surface area contributed by atoms with Gasteiger partial charge in [-0.25, -0.2) is 0 Å². The molecule has 1 aliphatic heterocycles. The Balaban J connectivity index is 2.44. The maximum absolute atomic E-state index is 8.90. The molecule has 3 nitrogen and oxygen atoms in total. The second kappa shape index (κ2) is 4.70. The van der Waals surface area contributed by atoms with Crippen molar-refractivity contribution in [3.05, 3.63) is 0 Å². The Morgan fingerprint density at radius 1 is 1.67 bits per heavy atom. The van der Waals surface area contributed by atoms with Crippen molar-refractivity contribution in [1.29, 1.82) is 5.26 Å². The van der Waals surface area contributed by atoms with E-state index in [4.69, 9.17) is 15.1 Å². The Morgan fingerprint density at radius 3 is 3.00 bits per heavy atom. The van der Waals surface area contributed by atoms with E-state index in [1.54, 1.807) is 11.8 Å². The van der Waals surface area contributed by atoms with Gasteiger partial charge in [-0.1, -0.05) is 0 Å². The van der Waals surface area contributed by atoms with Crippen molar-refractivity contribution in [3.8, 4) is 6.07 Å². The molecule has 0 radical (unpaired) electrons. The predicted molar refractivity (Wildman–Crippen MR) is 47.9 cm³/mol. The van der Waals surface area contributed by atoms with Crippen LogP contribution in [0.1, 0.15) is 12.8 Å². The third-order valence-electron chi connectivity index (χ3n) is 1.88. The lowest BCUT2D eigenvalue weighted by Gasteiger charge is -2.29. The molecule has 12 heavy (non-hydrogen) atoms. The molecule has 1 atom stereocenters. The van der Waals surface area contributed by atoms with Crippen LogP contribution >= 0.6 is 11.8 Å². The van der Waals surface area contributed by atoms with E-state index in [9.17, 15) is 0 Å². The molecular weight excluding hydrogens is 174 g/mol. The molecule has 0 saturated carbocycles. The third kappa shape index (κ3) is 2.37. The van der Waals surface area contributed by atoms with Crippen LogP contribution in [0.4, 0.5) is 0 Å². The molecule has 1 heterocycles. The largest absolute Gasteiger partial charge is 0.394 e. The number of thioether (sulfide) groups is 1. The first kappa shape index (κ1) is 9.85. The van der Waals surface area contributed by atoms with Crippen LogP contribution in [0, 0.1) is 11.3 Å². The number of aliphatic hydroxyl groups is 1. The minimum absolute atomic E-state index is 0.00586. The van der Waals surface area contributed by atoms with Crippen molar-refractivity contribution in [1.82, 2.24) is 0 Å². The summed E-state index contributed by atoms with van der Waals surface area (Å²) in [5.41, 5.74) is -0.619. The number of nitriles is 1. The number of ether oxygens (including phenoxy) is 1. The first-order chi connectivity index (χ1) is 5.83. The minimum atomic E-state index is -0.619. The van der Waals surface area contributed by atoms with Crippen molar-refractivity contribution >= 4 is 11.8 Å². The fourth-order valence-electron chi connectivity index (χ4n) is 1.24. The van der Waals surface area contributed by atoms with Crippen molar-refractivity contribution < 1.29 is 9.84 Å². The molecule has 0 aromatic carbocycles. The molecule has 4 heteroatoms. The van der Waals surface area contributed by atoms with Crippen molar-refractivity contribution in [2.45, 2.75) is 18.4 Å². The highest BCUT2D eigenvalue weighted by Gasteiger charge is 2.33. The molecule has 0 spiro atoms. The fourth-order valence-corrected chi connectivity index (χ4v) is 2.36. The van der Waals surface area contributed by atoms with E-state index in [1.165, 1.54) is 0 Å². The monoisotopic (exact) mass is 187 g/mol. The average molecular weight is 187 g/mol. The van der Waals surface area contributed by atoms with Crippen LogP contribution in [0.25, 0.3) is 0 Å². The normalized spacial score (nSPS) is 29.7. The zero-order valence-corrected chi connectivity index (χ0v) is 7.77. The van der Waals surface area contributed by atoms with Crippen LogP contribution in [0.3, 0.4) is 0 Å². The maximum Gasteiger partial charge on any atom is 0.163 e. The van der Waals surface area contributed by atoms with Crippen LogP contribution in [0.15, 0.2) is 0 Å². The molecule has 0 aliphatic carbocycles. The van der Waals surface area contributed by atoms with Crippen molar-refractivity contribution in [2.75, 3.05) is 24.7 Å². The Bertz CT molecular complexity index is 172. The topological polar surface area (TPSA) is 53.2 Å². The molecule has 1 rings (SSSR count). The molecule has 68 valence electrons. The number of hydrogen-bond donors (Lipinski definition) is 1. The van der Waals surface area contributed by atoms with E-state index in [0.29, 0.717) is 0 Å². The smallest absolute Gasteiger partial charge is 0.163 e. The number of rotatable bonds is 3. The van der Waals surface area contributed by atoms with E-state index in [1.807, 2.05) is 0 Å². The summed E-state index contributed by atoms with van der Waals surface area (Å²) < 4.78 is 5.34. The SMILES string of the molecule is N#CC1(OCCO)CCCSC1. The lowest BCUT2D eigenvalue weighted by molar-refractivity contribution is -0.0111. The molecule has 1 unspecified atom stereocenters. The number of hydrogen-bond acceptors (Lipinski definition) is 4. The van der Waals surface area contributed by atoms with E-state index in [0.717, 1.165) is 24.3 Å². The van der Waals surface area contributed by atoms with Gasteiger partial charge in [-0.05, 0) is 18.6 Å². The predicted octanol–water partition coefficient (Wildman–Crippen LogP) is 0.785. The minimum Gasteiger partial charge on any atom is -0.394 e. The van der Waals surface area contributed by atoms with Crippen LogP contribution in [0.5, 0.6) is 0 Å². The van der Waals surface area contributed by atoms with Gasteiger partial charge in [-0.15, -0.1) is 0 Å². The standard InChI is InChI=1S/C8H13NO2S/c9-6-8(11-4-3-10)2-1-5-12-7-8/h10H,1-5,7H2. The van der Waals surface area contributed by atoms with Crippen molar-refractivity contribution in [2.24, 2.45) is 0 Å². The van der Waals surface area contributed by atoms with E-state index >= 15 is 0 Å². The zero-order valence-electron chi connectivity index (χ0n) is 6.95. The molecule has 1 fully saturated rings. The van der Waals surface area contributed by atoms with E-state index < -0.39 is 5.60 Å². The summed E-state index contributed by atoms with van der Waals surface area (Å²) in [4.78, 5) is 0. The molecule has 1 saturated heterocycles. The van der Waals surface area contributed by atoms with E-state index in [2.05, 4.69) is 6.07 Å². The molecule has 0 amide bonds. The Kier molecular flexibility index (Phi) is 3.86. The molecule has 0 bridgehead atoms. The molecule has 1 aliphatic rings. The summed E-state index contributed by atoms with van der Waals surface area (Å²) in [7, 11) is 0. The molecule has 1 N–H and O–H groups in total. The summed E-state index contributed by atoms with van der Waals surface area (Å²) >= 11 is 1.75. The molecule has 0 aromatic rings. The van der Waals surface area contributed by atoms with Gasteiger partial charge in [0.05, 0.1) is 19.3 Å². The maximum atomic E-state index is 8.90. The Hall–Kier alpha value is -0.240. The van der Waals surface area contributed by atoms with Gasteiger partial charge in [-0.2, -0.15) is 17.0 Å². The number of aliphatic hydroxyl groups excluding tert-OH is 1. The van der Waals surface area contributed by atoms with Crippen LogP contribution < -0.4 is 0 Å². The Labute approximate surface area is 76.7 Å². The van der Waals surface area contributed by atoms with Crippen molar-refractivity contribution in [3.63, 3.8) is 0 Å². The van der Waals surface area contributed by atoms with Gasteiger partial charge in [0, 0.05) is 5.75 Å². The van der Waals surface area contributed by atoms with Crippen LogP contribution in [0.2, 0.25) is 0 Å². The van der Waals surface area contributed by atoms with Gasteiger partial charge < -0.3 is 9.84 Å². The highest BCUT2D eigenvalue weighted by molar-refractivity contribution is 7.99.